The standard InChI is InChI=1S/C15H16N2OS/c18-15(12-5-7-19-10-12)9-16-8-11-2-1-3-14-13(11)4-6-17-14/h1-7,10,15-18H,8-9H2. The maximum Gasteiger partial charge on any atom is 0.0922 e. The summed E-state index contributed by atoms with van der Waals surface area (Å²) in [6.07, 6.45) is 1.52. The highest BCUT2D eigenvalue weighted by Crippen LogP contribution is 2.18. The molecule has 0 fully saturated rings. The van der Waals surface area contributed by atoms with Crippen LogP contribution in [-0.4, -0.2) is 16.6 Å². The monoisotopic (exact) mass is 272 g/mol. The molecule has 2 aromatic heterocycles. The molecule has 3 nitrogen and oxygen atoms in total. The molecule has 1 aromatic carbocycles. The number of thiophene rings is 1. The van der Waals surface area contributed by atoms with Crippen molar-refractivity contribution in [1.29, 1.82) is 0 Å². The van der Waals surface area contributed by atoms with Crippen molar-refractivity contribution in [2.75, 3.05) is 6.54 Å². The first-order valence-corrected chi connectivity index (χ1v) is 7.25. The number of aliphatic hydroxyl groups is 1. The fourth-order valence-electron chi connectivity index (χ4n) is 2.23. The quantitative estimate of drug-likeness (QED) is 0.668. The number of aromatic amines is 1. The van der Waals surface area contributed by atoms with E-state index in [0.717, 1.165) is 17.6 Å². The molecule has 0 radical (unpaired) electrons. The van der Waals surface area contributed by atoms with E-state index in [0.29, 0.717) is 6.54 Å². The van der Waals surface area contributed by atoms with E-state index in [4.69, 9.17) is 0 Å². The van der Waals surface area contributed by atoms with Gasteiger partial charge in [-0.05, 0) is 40.1 Å². The van der Waals surface area contributed by atoms with Crippen LogP contribution in [0.5, 0.6) is 0 Å². The Morgan fingerprint density at radius 3 is 3.05 bits per heavy atom. The SMILES string of the molecule is OC(CNCc1cccc2[nH]ccc12)c1ccsc1. The van der Waals surface area contributed by atoms with Crippen LogP contribution in [0.25, 0.3) is 10.9 Å². The Bertz CT molecular complexity index is 645. The highest BCUT2D eigenvalue weighted by Gasteiger charge is 2.07. The van der Waals surface area contributed by atoms with Crippen molar-refractivity contribution in [3.05, 3.63) is 58.4 Å². The van der Waals surface area contributed by atoms with Crippen molar-refractivity contribution in [3.63, 3.8) is 0 Å². The minimum atomic E-state index is -0.434. The van der Waals surface area contributed by atoms with E-state index >= 15 is 0 Å². The van der Waals surface area contributed by atoms with E-state index in [9.17, 15) is 5.11 Å². The van der Waals surface area contributed by atoms with Gasteiger partial charge in [0, 0.05) is 30.2 Å². The minimum Gasteiger partial charge on any atom is -0.387 e. The summed E-state index contributed by atoms with van der Waals surface area (Å²) in [5, 5.41) is 18.5. The van der Waals surface area contributed by atoms with Gasteiger partial charge in [0.1, 0.15) is 0 Å². The molecule has 2 heterocycles. The third kappa shape index (κ3) is 2.71. The summed E-state index contributed by atoms with van der Waals surface area (Å²) in [6, 6.07) is 10.3. The van der Waals surface area contributed by atoms with Crippen LogP contribution in [0.15, 0.2) is 47.3 Å². The lowest BCUT2D eigenvalue weighted by Crippen LogP contribution is -2.20. The number of aromatic nitrogens is 1. The summed E-state index contributed by atoms with van der Waals surface area (Å²) >= 11 is 1.61. The molecule has 0 aliphatic carbocycles. The van der Waals surface area contributed by atoms with Crippen LogP contribution in [0.2, 0.25) is 0 Å². The molecule has 1 unspecified atom stereocenters. The van der Waals surface area contributed by atoms with Gasteiger partial charge in [-0.3, -0.25) is 0 Å². The smallest absolute Gasteiger partial charge is 0.0922 e. The van der Waals surface area contributed by atoms with Gasteiger partial charge >= 0.3 is 0 Å². The Morgan fingerprint density at radius 1 is 1.26 bits per heavy atom. The first kappa shape index (κ1) is 12.4. The summed E-state index contributed by atoms with van der Waals surface area (Å²) in [7, 11) is 0. The van der Waals surface area contributed by atoms with Crippen molar-refractivity contribution >= 4 is 22.2 Å². The Hall–Kier alpha value is -1.62. The predicted octanol–water partition coefficient (Wildman–Crippen LogP) is 3.05. The summed E-state index contributed by atoms with van der Waals surface area (Å²) in [5.74, 6) is 0. The van der Waals surface area contributed by atoms with Crippen molar-refractivity contribution in [3.8, 4) is 0 Å². The summed E-state index contributed by atoms with van der Waals surface area (Å²) in [6.45, 7) is 1.33. The highest BCUT2D eigenvalue weighted by atomic mass is 32.1. The van der Waals surface area contributed by atoms with Crippen molar-refractivity contribution in [2.45, 2.75) is 12.6 Å². The molecule has 0 aliphatic rings. The first-order valence-electron chi connectivity index (χ1n) is 6.30. The Balaban J connectivity index is 1.62. The number of aliphatic hydroxyl groups excluding tert-OH is 1. The van der Waals surface area contributed by atoms with E-state index in [1.54, 1.807) is 11.3 Å². The topological polar surface area (TPSA) is 48.0 Å². The fraction of sp³-hybridized carbons (Fsp3) is 0.200. The van der Waals surface area contributed by atoms with Crippen LogP contribution < -0.4 is 5.32 Å². The summed E-state index contributed by atoms with van der Waals surface area (Å²) < 4.78 is 0. The molecule has 0 saturated carbocycles. The lowest BCUT2D eigenvalue weighted by atomic mass is 10.1. The lowest BCUT2D eigenvalue weighted by Gasteiger charge is -2.11. The Labute approximate surface area is 115 Å². The number of fused-ring (bicyclic) bond motifs is 1. The van der Waals surface area contributed by atoms with Gasteiger partial charge in [-0.1, -0.05) is 12.1 Å². The van der Waals surface area contributed by atoms with Crippen molar-refractivity contribution in [2.24, 2.45) is 0 Å². The van der Waals surface area contributed by atoms with Crippen LogP contribution in [0.3, 0.4) is 0 Å². The normalized spacial score (nSPS) is 12.9. The number of nitrogens with one attached hydrogen (secondary N) is 2. The number of benzene rings is 1. The third-order valence-electron chi connectivity index (χ3n) is 3.27. The second kappa shape index (κ2) is 5.57. The molecule has 3 N–H and O–H groups in total. The van der Waals surface area contributed by atoms with E-state index in [1.807, 2.05) is 29.1 Å². The zero-order chi connectivity index (χ0) is 13.1. The molecule has 0 saturated heterocycles. The molecule has 4 heteroatoms. The summed E-state index contributed by atoms with van der Waals surface area (Å²) in [4.78, 5) is 3.21. The molecule has 0 bridgehead atoms. The second-order valence-corrected chi connectivity index (χ2v) is 5.34. The van der Waals surface area contributed by atoms with Gasteiger partial charge in [0.05, 0.1) is 6.10 Å². The molecule has 98 valence electrons. The zero-order valence-corrected chi connectivity index (χ0v) is 11.3. The molecule has 1 atom stereocenters. The van der Waals surface area contributed by atoms with Gasteiger partial charge < -0.3 is 15.4 Å². The van der Waals surface area contributed by atoms with Gasteiger partial charge in [0.2, 0.25) is 0 Å². The van der Waals surface area contributed by atoms with E-state index < -0.39 is 6.10 Å². The van der Waals surface area contributed by atoms with Crippen LogP contribution >= 0.6 is 11.3 Å². The molecular formula is C15H16N2OS. The first-order chi connectivity index (χ1) is 9.34. The maximum atomic E-state index is 10.00. The maximum absolute atomic E-state index is 10.00. The van der Waals surface area contributed by atoms with Gasteiger partial charge in [-0.15, -0.1) is 0 Å². The van der Waals surface area contributed by atoms with Gasteiger partial charge in [0.15, 0.2) is 0 Å². The molecule has 0 aliphatic heterocycles. The zero-order valence-electron chi connectivity index (χ0n) is 10.5. The Kier molecular flexibility index (Phi) is 3.64. The van der Waals surface area contributed by atoms with Crippen LogP contribution in [0, 0.1) is 0 Å². The molecule has 3 aromatic rings. The van der Waals surface area contributed by atoms with Crippen molar-refractivity contribution < 1.29 is 5.11 Å². The number of hydrogen-bond donors (Lipinski definition) is 3. The molecule has 3 rings (SSSR count). The van der Waals surface area contributed by atoms with Crippen LogP contribution in [-0.2, 0) is 6.54 Å². The summed E-state index contributed by atoms with van der Waals surface area (Å²) in [5.41, 5.74) is 3.38. The molecule has 19 heavy (non-hydrogen) atoms. The van der Waals surface area contributed by atoms with Gasteiger partial charge in [-0.25, -0.2) is 0 Å². The van der Waals surface area contributed by atoms with Crippen LogP contribution in [0.1, 0.15) is 17.2 Å². The number of H-pyrrole nitrogens is 1. The lowest BCUT2D eigenvalue weighted by molar-refractivity contribution is 0.175. The largest absolute Gasteiger partial charge is 0.387 e. The average Bonchev–Trinajstić information content (AvgIpc) is 3.10. The highest BCUT2D eigenvalue weighted by molar-refractivity contribution is 7.07. The van der Waals surface area contributed by atoms with E-state index in [2.05, 4.69) is 28.5 Å². The second-order valence-electron chi connectivity index (χ2n) is 4.56. The van der Waals surface area contributed by atoms with Gasteiger partial charge in [-0.2, -0.15) is 11.3 Å². The molecular weight excluding hydrogens is 256 g/mol. The Morgan fingerprint density at radius 2 is 2.21 bits per heavy atom. The van der Waals surface area contributed by atoms with Crippen molar-refractivity contribution in [1.82, 2.24) is 10.3 Å². The van der Waals surface area contributed by atoms with E-state index in [-0.39, 0.29) is 0 Å². The third-order valence-corrected chi connectivity index (χ3v) is 3.97. The predicted molar refractivity (Wildman–Crippen MR) is 79.3 cm³/mol. The molecule has 0 spiro atoms. The molecule has 0 amide bonds. The minimum absolute atomic E-state index is 0.434. The van der Waals surface area contributed by atoms with Crippen LogP contribution in [0.4, 0.5) is 0 Å². The fourth-order valence-corrected chi connectivity index (χ4v) is 2.94. The number of hydrogen-bond acceptors (Lipinski definition) is 3. The average molecular weight is 272 g/mol. The van der Waals surface area contributed by atoms with Gasteiger partial charge in [0.25, 0.3) is 0 Å². The number of rotatable bonds is 5. The van der Waals surface area contributed by atoms with E-state index in [1.165, 1.54) is 10.9 Å².